The number of nitrogens with one attached hydrogen (secondary N) is 1. The molecule has 0 aromatic heterocycles. The Morgan fingerprint density at radius 1 is 1.17 bits per heavy atom. The molecule has 2 saturated heterocycles. The lowest BCUT2D eigenvalue weighted by Gasteiger charge is -2.35. The standard InChI is InChI=1S/C23H37N3O3/c1-19-7-9-20(10-8-19)27-17-5-13-25-23(24-2)26-14-11-21(12-15-26)29-18-22-6-3-4-16-28-22/h7-10,21-22H,3-6,11-18H2,1-2H3,(H,24,25). The van der Waals surface area contributed by atoms with Crippen molar-refractivity contribution in [2.45, 2.75) is 57.7 Å². The summed E-state index contributed by atoms with van der Waals surface area (Å²) in [6.45, 7) is 7.24. The lowest BCUT2D eigenvalue weighted by Crippen LogP contribution is -2.47. The van der Waals surface area contributed by atoms with Crippen LogP contribution in [0.2, 0.25) is 0 Å². The second-order valence-electron chi connectivity index (χ2n) is 8.00. The van der Waals surface area contributed by atoms with Crippen LogP contribution in [-0.2, 0) is 9.47 Å². The Bertz CT molecular complexity index is 606. The van der Waals surface area contributed by atoms with Crippen molar-refractivity contribution < 1.29 is 14.2 Å². The number of aliphatic imine (C=N–C) groups is 1. The van der Waals surface area contributed by atoms with Crippen molar-refractivity contribution in [2.75, 3.05) is 46.5 Å². The normalized spacial score (nSPS) is 21.2. The molecule has 2 heterocycles. The van der Waals surface area contributed by atoms with Gasteiger partial charge in [-0.3, -0.25) is 4.99 Å². The zero-order valence-electron chi connectivity index (χ0n) is 18.1. The maximum absolute atomic E-state index is 6.12. The van der Waals surface area contributed by atoms with Gasteiger partial charge in [0.1, 0.15) is 5.75 Å². The fourth-order valence-electron chi connectivity index (χ4n) is 3.85. The molecule has 1 aromatic rings. The number of benzene rings is 1. The average Bonchev–Trinajstić information content (AvgIpc) is 2.77. The molecule has 1 unspecified atom stereocenters. The highest BCUT2D eigenvalue weighted by Crippen LogP contribution is 2.18. The first-order chi connectivity index (χ1) is 14.2. The average molecular weight is 404 g/mol. The first kappa shape index (κ1) is 21.9. The van der Waals surface area contributed by atoms with Gasteiger partial charge in [0.15, 0.2) is 5.96 Å². The highest BCUT2D eigenvalue weighted by Gasteiger charge is 2.23. The van der Waals surface area contributed by atoms with Crippen molar-refractivity contribution in [3.05, 3.63) is 29.8 Å². The SMILES string of the molecule is CN=C(NCCCOc1ccc(C)cc1)N1CCC(OCC2CCCCO2)CC1. The number of likely N-dealkylation sites (tertiary alicyclic amines) is 1. The Kier molecular flexibility index (Phi) is 9.09. The van der Waals surface area contributed by atoms with E-state index in [0.717, 1.165) is 70.2 Å². The van der Waals surface area contributed by atoms with Crippen LogP contribution in [0, 0.1) is 6.92 Å². The van der Waals surface area contributed by atoms with E-state index in [1.807, 2.05) is 19.2 Å². The molecule has 0 spiro atoms. The lowest BCUT2D eigenvalue weighted by atomic mass is 10.1. The molecule has 3 rings (SSSR count). The summed E-state index contributed by atoms with van der Waals surface area (Å²) in [7, 11) is 1.86. The van der Waals surface area contributed by atoms with E-state index >= 15 is 0 Å². The molecule has 29 heavy (non-hydrogen) atoms. The molecular weight excluding hydrogens is 366 g/mol. The van der Waals surface area contributed by atoms with Crippen LogP contribution in [0.25, 0.3) is 0 Å². The first-order valence-corrected chi connectivity index (χ1v) is 11.1. The maximum Gasteiger partial charge on any atom is 0.193 e. The van der Waals surface area contributed by atoms with Crippen LogP contribution in [0.1, 0.15) is 44.1 Å². The minimum absolute atomic E-state index is 0.304. The molecule has 2 aliphatic heterocycles. The van der Waals surface area contributed by atoms with Crippen LogP contribution in [0.15, 0.2) is 29.3 Å². The van der Waals surface area contributed by atoms with Gasteiger partial charge in [-0.05, 0) is 57.6 Å². The fourth-order valence-corrected chi connectivity index (χ4v) is 3.85. The third-order valence-corrected chi connectivity index (χ3v) is 5.64. The van der Waals surface area contributed by atoms with Crippen LogP contribution in [-0.4, -0.2) is 69.6 Å². The quantitative estimate of drug-likeness (QED) is 0.410. The van der Waals surface area contributed by atoms with Crippen molar-refractivity contribution in [3.8, 4) is 5.75 Å². The number of hydrogen-bond donors (Lipinski definition) is 1. The summed E-state index contributed by atoms with van der Waals surface area (Å²) in [4.78, 5) is 6.78. The lowest BCUT2D eigenvalue weighted by molar-refractivity contribution is -0.0721. The van der Waals surface area contributed by atoms with Crippen LogP contribution in [0.3, 0.4) is 0 Å². The van der Waals surface area contributed by atoms with Gasteiger partial charge in [-0.2, -0.15) is 0 Å². The van der Waals surface area contributed by atoms with Crippen LogP contribution < -0.4 is 10.1 Å². The van der Waals surface area contributed by atoms with Gasteiger partial charge in [-0.25, -0.2) is 0 Å². The molecule has 0 amide bonds. The van der Waals surface area contributed by atoms with E-state index in [-0.39, 0.29) is 0 Å². The predicted octanol–water partition coefficient (Wildman–Crippen LogP) is 3.39. The number of rotatable bonds is 8. The molecule has 2 aliphatic rings. The first-order valence-electron chi connectivity index (χ1n) is 11.1. The molecule has 2 fully saturated rings. The van der Waals surface area contributed by atoms with Gasteiger partial charge in [0.05, 0.1) is 25.4 Å². The number of aryl methyl sites for hydroxylation is 1. The van der Waals surface area contributed by atoms with E-state index in [1.54, 1.807) is 0 Å². The summed E-state index contributed by atoms with van der Waals surface area (Å²) in [5.74, 6) is 1.91. The number of piperidine rings is 1. The molecule has 1 atom stereocenters. The Balaban J connectivity index is 1.28. The highest BCUT2D eigenvalue weighted by atomic mass is 16.5. The predicted molar refractivity (Wildman–Crippen MR) is 117 cm³/mol. The van der Waals surface area contributed by atoms with Gasteiger partial charge in [0, 0.05) is 33.3 Å². The van der Waals surface area contributed by atoms with Gasteiger partial charge in [-0.1, -0.05) is 17.7 Å². The smallest absolute Gasteiger partial charge is 0.193 e. The monoisotopic (exact) mass is 403 g/mol. The topological polar surface area (TPSA) is 55.3 Å². The molecule has 1 N–H and O–H groups in total. The van der Waals surface area contributed by atoms with Crippen LogP contribution >= 0.6 is 0 Å². The van der Waals surface area contributed by atoms with Gasteiger partial charge < -0.3 is 24.4 Å². The highest BCUT2D eigenvalue weighted by molar-refractivity contribution is 5.79. The largest absolute Gasteiger partial charge is 0.494 e. The zero-order chi connectivity index (χ0) is 20.3. The van der Waals surface area contributed by atoms with Gasteiger partial charge in [-0.15, -0.1) is 0 Å². The Morgan fingerprint density at radius 2 is 1.97 bits per heavy atom. The third kappa shape index (κ3) is 7.52. The maximum atomic E-state index is 6.12. The van der Waals surface area contributed by atoms with Crippen molar-refractivity contribution in [1.82, 2.24) is 10.2 Å². The molecule has 0 radical (unpaired) electrons. The number of nitrogens with zero attached hydrogens (tertiary/aromatic N) is 2. The van der Waals surface area contributed by atoms with Gasteiger partial charge in [0.2, 0.25) is 0 Å². The summed E-state index contributed by atoms with van der Waals surface area (Å²) in [6, 6.07) is 8.19. The van der Waals surface area contributed by atoms with Crippen molar-refractivity contribution in [1.29, 1.82) is 0 Å². The molecule has 0 saturated carbocycles. The van der Waals surface area contributed by atoms with Crippen molar-refractivity contribution >= 4 is 5.96 Å². The Hall–Kier alpha value is -1.79. The van der Waals surface area contributed by atoms with E-state index in [9.17, 15) is 0 Å². The fraction of sp³-hybridized carbons (Fsp3) is 0.696. The Labute approximate surface area is 175 Å². The van der Waals surface area contributed by atoms with E-state index in [0.29, 0.717) is 18.8 Å². The molecule has 6 heteroatoms. The summed E-state index contributed by atoms with van der Waals surface area (Å²) >= 11 is 0. The molecule has 0 bridgehead atoms. The molecule has 6 nitrogen and oxygen atoms in total. The summed E-state index contributed by atoms with van der Waals surface area (Å²) in [5.41, 5.74) is 1.25. The van der Waals surface area contributed by atoms with Crippen molar-refractivity contribution in [2.24, 2.45) is 4.99 Å². The summed E-state index contributed by atoms with van der Waals surface area (Å²) in [5, 5.41) is 3.47. The Morgan fingerprint density at radius 3 is 2.66 bits per heavy atom. The molecule has 0 aliphatic carbocycles. The third-order valence-electron chi connectivity index (χ3n) is 5.64. The minimum atomic E-state index is 0.304. The van der Waals surface area contributed by atoms with E-state index < -0.39 is 0 Å². The minimum Gasteiger partial charge on any atom is -0.494 e. The summed E-state index contributed by atoms with van der Waals surface area (Å²) < 4.78 is 17.7. The van der Waals surface area contributed by atoms with E-state index in [4.69, 9.17) is 14.2 Å². The molecule has 1 aromatic carbocycles. The van der Waals surface area contributed by atoms with Gasteiger partial charge >= 0.3 is 0 Å². The number of guanidine groups is 1. The van der Waals surface area contributed by atoms with Crippen LogP contribution in [0.4, 0.5) is 0 Å². The molecular formula is C23H37N3O3. The molecule has 162 valence electrons. The number of hydrogen-bond acceptors (Lipinski definition) is 4. The van der Waals surface area contributed by atoms with Crippen LogP contribution in [0.5, 0.6) is 5.75 Å². The zero-order valence-corrected chi connectivity index (χ0v) is 18.1. The summed E-state index contributed by atoms with van der Waals surface area (Å²) in [6.07, 6.45) is 7.28. The van der Waals surface area contributed by atoms with Crippen molar-refractivity contribution in [3.63, 3.8) is 0 Å². The number of ether oxygens (including phenoxy) is 3. The van der Waals surface area contributed by atoms with E-state index in [2.05, 4.69) is 34.3 Å². The second-order valence-corrected chi connectivity index (χ2v) is 8.00. The van der Waals surface area contributed by atoms with Gasteiger partial charge in [0.25, 0.3) is 0 Å². The second kappa shape index (κ2) is 12.0. The van der Waals surface area contributed by atoms with E-state index in [1.165, 1.54) is 18.4 Å².